The molecule has 1 aliphatic carbocycles. The molecule has 0 unspecified atom stereocenters. The summed E-state index contributed by atoms with van der Waals surface area (Å²) in [6.07, 6.45) is 4.12. The van der Waals surface area contributed by atoms with E-state index in [-0.39, 0.29) is 23.1 Å². The largest absolute Gasteiger partial charge is 0.325 e. The lowest BCUT2D eigenvalue weighted by Gasteiger charge is -2.30. The van der Waals surface area contributed by atoms with Crippen LogP contribution in [0.4, 0.5) is 10.1 Å². The Morgan fingerprint density at radius 1 is 1.13 bits per heavy atom. The van der Waals surface area contributed by atoms with E-state index in [1.807, 2.05) is 24.3 Å². The molecule has 1 heterocycles. The van der Waals surface area contributed by atoms with Gasteiger partial charge in [-0.05, 0) is 68.0 Å². The van der Waals surface area contributed by atoms with Gasteiger partial charge in [-0.3, -0.25) is 9.79 Å². The zero-order valence-corrected chi connectivity index (χ0v) is 19.1. The first-order chi connectivity index (χ1) is 14.4. The Hall–Kier alpha value is -1.99. The fraction of sp³-hybridized carbons (Fsp3) is 0.348. The number of halogens is 2. The standard InChI is InChI=1S/C23H23BrFN3OS/c1-15-10-12-23(13-11-15)27-21(16-2-4-17(24)5-3-16)22(28-23)30-14-20(29)26-19-8-6-18(25)7-9-19/h2-9,15H,10-14H2,1H3,(H,26,29). The predicted molar refractivity (Wildman–Crippen MR) is 126 cm³/mol. The van der Waals surface area contributed by atoms with Crippen molar-refractivity contribution in [3.8, 4) is 0 Å². The highest BCUT2D eigenvalue weighted by atomic mass is 79.9. The van der Waals surface area contributed by atoms with E-state index in [1.165, 1.54) is 23.9 Å². The van der Waals surface area contributed by atoms with Crippen molar-refractivity contribution in [2.75, 3.05) is 11.1 Å². The number of carbonyl (C=O) groups is 1. The molecule has 0 bridgehead atoms. The molecule has 0 radical (unpaired) electrons. The van der Waals surface area contributed by atoms with Crippen LogP contribution in [0, 0.1) is 11.7 Å². The first-order valence-electron chi connectivity index (χ1n) is 10.1. The Bertz CT molecular complexity index is 981. The summed E-state index contributed by atoms with van der Waals surface area (Å²) in [5.74, 6) is 0.446. The third kappa shape index (κ3) is 5.01. The van der Waals surface area contributed by atoms with Crippen LogP contribution in [0.3, 0.4) is 0 Å². The number of amides is 1. The van der Waals surface area contributed by atoms with E-state index in [0.717, 1.165) is 46.5 Å². The molecular formula is C23H23BrFN3OS. The van der Waals surface area contributed by atoms with Gasteiger partial charge >= 0.3 is 0 Å². The number of thioether (sulfide) groups is 1. The van der Waals surface area contributed by atoms with Crippen LogP contribution in [-0.4, -0.2) is 28.1 Å². The topological polar surface area (TPSA) is 53.8 Å². The Morgan fingerprint density at radius 3 is 2.47 bits per heavy atom. The third-order valence-corrected chi connectivity index (χ3v) is 6.99. The molecule has 0 aromatic heterocycles. The van der Waals surface area contributed by atoms with E-state index in [2.05, 4.69) is 28.2 Å². The summed E-state index contributed by atoms with van der Waals surface area (Å²) in [6, 6.07) is 13.8. The number of rotatable bonds is 4. The third-order valence-electron chi connectivity index (χ3n) is 5.49. The Morgan fingerprint density at radius 2 is 1.80 bits per heavy atom. The second kappa shape index (κ2) is 9.02. The van der Waals surface area contributed by atoms with Crippen LogP contribution in [-0.2, 0) is 4.79 Å². The summed E-state index contributed by atoms with van der Waals surface area (Å²) in [5, 5.41) is 3.62. The molecule has 30 heavy (non-hydrogen) atoms. The Labute approximate surface area is 188 Å². The summed E-state index contributed by atoms with van der Waals surface area (Å²) < 4.78 is 14.1. The summed E-state index contributed by atoms with van der Waals surface area (Å²) >= 11 is 4.89. The molecular weight excluding hydrogens is 465 g/mol. The average molecular weight is 488 g/mol. The van der Waals surface area contributed by atoms with Gasteiger partial charge in [-0.2, -0.15) is 0 Å². The number of anilines is 1. The fourth-order valence-corrected chi connectivity index (χ4v) is 4.87. The summed E-state index contributed by atoms with van der Waals surface area (Å²) in [6.45, 7) is 2.28. The SMILES string of the molecule is CC1CCC2(CC1)N=C(SCC(=O)Nc1ccc(F)cc1)C(c1ccc(Br)cc1)=N2. The minimum atomic E-state index is -0.384. The molecule has 0 atom stereocenters. The van der Waals surface area contributed by atoms with E-state index in [4.69, 9.17) is 9.98 Å². The molecule has 1 fully saturated rings. The first-order valence-corrected chi connectivity index (χ1v) is 11.8. The van der Waals surface area contributed by atoms with E-state index in [9.17, 15) is 9.18 Å². The number of hydrogen-bond donors (Lipinski definition) is 1. The molecule has 2 aromatic carbocycles. The quantitative estimate of drug-likeness (QED) is 0.568. The highest BCUT2D eigenvalue weighted by Gasteiger charge is 2.39. The smallest absolute Gasteiger partial charge is 0.234 e. The Kier molecular flexibility index (Phi) is 6.39. The second-order valence-electron chi connectivity index (χ2n) is 7.89. The highest BCUT2D eigenvalue weighted by Crippen LogP contribution is 2.40. The first kappa shape index (κ1) is 21.2. The van der Waals surface area contributed by atoms with Gasteiger partial charge < -0.3 is 5.32 Å². The van der Waals surface area contributed by atoms with Crippen molar-refractivity contribution in [2.24, 2.45) is 15.9 Å². The van der Waals surface area contributed by atoms with Gasteiger partial charge in [0, 0.05) is 15.7 Å². The predicted octanol–water partition coefficient (Wildman–Crippen LogP) is 6.07. The van der Waals surface area contributed by atoms with Crippen LogP contribution in [0.1, 0.15) is 38.2 Å². The molecule has 1 saturated carbocycles. The van der Waals surface area contributed by atoms with Crippen molar-refractivity contribution in [3.05, 3.63) is 64.4 Å². The van der Waals surface area contributed by atoms with Crippen molar-refractivity contribution < 1.29 is 9.18 Å². The van der Waals surface area contributed by atoms with Crippen molar-refractivity contribution in [2.45, 2.75) is 38.3 Å². The van der Waals surface area contributed by atoms with Gasteiger partial charge in [0.1, 0.15) is 10.9 Å². The summed E-state index contributed by atoms with van der Waals surface area (Å²) in [4.78, 5) is 22.5. The van der Waals surface area contributed by atoms with Gasteiger partial charge in [0.15, 0.2) is 5.66 Å². The lowest BCUT2D eigenvalue weighted by Crippen LogP contribution is -2.28. The number of nitrogens with zero attached hydrogens (tertiary/aromatic N) is 2. The lowest BCUT2D eigenvalue weighted by atomic mass is 9.83. The van der Waals surface area contributed by atoms with Crippen LogP contribution in [0.15, 0.2) is 63.0 Å². The molecule has 1 amide bonds. The van der Waals surface area contributed by atoms with Crippen LogP contribution >= 0.6 is 27.7 Å². The molecule has 1 aliphatic heterocycles. The zero-order valence-electron chi connectivity index (χ0n) is 16.7. The van der Waals surface area contributed by atoms with Gasteiger partial charge in [-0.15, -0.1) is 0 Å². The molecule has 2 aliphatic rings. The number of hydrogen-bond acceptors (Lipinski definition) is 4. The molecule has 1 spiro atoms. The minimum absolute atomic E-state index is 0.150. The van der Waals surface area contributed by atoms with Gasteiger partial charge in [0.05, 0.1) is 11.5 Å². The van der Waals surface area contributed by atoms with E-state index >= 15 is 0 Å². The minimum Gasteiger partial charge on any atom is -0.325 e. The van der Waals surface area contributed by atoms with E-state index in [1.54, 1.807) is 12.1 Å². The Balaban J connectivity index is 1.50. The monoisotopic (exact) mass is 487 g/mol. The molecule has 2 aromatic rings. The molecule has 0 saturated heterocycles. The van der Waals surface area contributed by atoms with Gasteiger partial charge in [-0.25, -0.2) is 9.38 Å². The molecule has 4 rings (SSSR count). The number of benzene rings is 2. The van der Waals surface area contributed by atoms with Crippen LogP contribution in [0.25, 0.3) is 0 Å². The maximum Gasteiger partial charge on any atom is 0.234 e. The van der Waals surface area contributed by atoms with Crippen molar-refractivity contribution in [3.63, 3.8) is 0 Å². The van der Waals surface area contributed by atoms with Crippen molar-refractivity contribution >= 4 is 50.0 Å². The summed E-state index contributed by atoms with van der Waals surface area (Å²) in [5.41, 5.74) is 2.08. The normalized spacial score (nSPS) is 23.2. The van der Waals surface area contributed by atoms with Crippen molar-refractivity contribution in [1.29, 1.82) is 0 Å². The van der Waals surface area contributed by atoms with E-state index < -0.39 is 0 Å². The zero-order chi connectivity index (χ0) is 21.1. The molecule has 7 heteroatoms. The summed E-state index contributed by atoms with van der Waals surface area (Å²) in [7, 11) is 0. The van der Waals surface area contributed by atoms with Crippen LogP contribution < -0.4 is 5.32 Å². The van der Waals surface area contributed by atoms with E-state index in [0.29, 0.717) is 11.6 Å². The number of nitrogens with one attached hydrogen (secondary N) is 1. The fourth-order valence-electron chi connectivity index (χ4n) is 3.73. The maximum absolute atomic E-state index is 13.1. The average Bonchev–Trinajstić information content (AvgIpc) is 3.09. The molecule has 4 nitrogen and oxygen atoms in total. The molecule has 1 N–H and O–H groups in total. The number of carbonyl (C=O) groups excluding carboxylic acids is 1. The maximum atomic E-state index is 13.1. The second-order valence-corrected chi connectivity index (χ2v) is 9.77. The lowest BCUT2D eigenvalue weighted by molar-refractivity contribution is -0.113. The van der Waals surface area contributed by atoms with Gasteiger partial charge in [-0.1, -0.05) is 46.7 Å². The van der Waals surface area contributed by atoms with Gasteiger partial charge in [0.25, 0.3) is 0 Å². The van der Waals surface area contributed by atoms with Crippen LogP contribution in [0.2, 0.25) is 0 Å². The van der Waals surface area contributed by atoms with Gasteiger partial charge in [0.2, 0.25) is 5.91 Å². The highest BCUT2D eigenvalue weighted by molar-refractivity contribution is 9.10. The molecule has 156 valence electrons. The van der Waals surface area contributed by atoms with Crippen molar-refractivity contribution in [1.82, 2.24) is 0 Å². The number of aliphatic imine (C=N–C) groups is 2. The van der Waals surface area contributed by atoms with Crippen LogP contribution in [0.5, 0.6) is 0 Å².